The third-order valence-electron chi connectivity index (χ3n) is 2.71. The lowest BCUT2D eigenvalue weighted by molar-refractivity contribution is -0.123. The molecule has 1 rings (SSSR count). The summed E-state index contributed by atoms with van der Waals surface area (Å²) in [6, 6.07) is 8.93. The SMILES string of the molecule is CSCCCCCNC(=O)COc1ccccc1C#N. The summed E-state index contributed by atoms with van der Waals surface area (Å²) >= 11 is 1.84. The molecule has 0 aliphatic heterocycles. The number of nitriles is 1. The summed E-state index contributed by atoms with van der Waals surface area (Å²) in [5, 5.41) is 11.7. The van der Waals surface area contributed by atoms with Crippen molar-refractivity contribution in [1.82, 2.24) is 5.32 Å². The van der Waals surface area contributed by atoms with E-state index in [2.05, 4.69) is 11.6 Å². The Morgan fingerprint density at radius 2 is 2.15 bits per heavy atom. The highest BCUT2D eigenvalue weighted by Crippen LogP contribution is 2.16. The minimum Gasteiger partial charge on any atom is -0.482 e. The van der Waals surface area contributed by atoms with Gasteiger partial charge in [-0.1, -0.05) is 18.6 Å². The molecule has 20 heavy (non-hydrogen) atoms. The van der Waals surface area contributed by atoms with Crippen molar-refractivity contribution in [2.45, 2.75) is 19.3 Å². The zero-order valence-electron chi connectivity index (χ0n) is 11.7. The first-order chi connectivity index (χ1) is 9.77. The van der Waals surface area contributed by atoms with Gasteiger partial charge >= 0.3 is 0 Å². The summed E-state index contributed by atoms with van der Waals surface area (Å²) in [5.74, 6) is 1.47. The number of para-hydroxylation sites is 1. The predicted molar refractivity (Wildman–Crippen MR) is 81.9 cm³/mol. The van der Waals surface area contributed by atoms with Crippen LogP contribution in [0.2, 0.25) is 0 Å². The molecule has 0 aromatic heterocycles. The van der Waals surface area contributed by atoms with E-state index in [0.717, 1.165) is 12.8 Å². The molecule has 0 spiro atoms. The number of thioether (sulfide) groups is 1. The smallest absolute Gasteiger partial charge is 0.257 e. The van der Waals surface area contributed by atoms with E-state index >= 15 is 0 Å². The highest BCUT2D eigenvalue weighted by Gasteiger charge is 2.05. The number of ether oxygens (including phenoxy) is 1. The fraction of sp³-hybridized carbons (Fsp3) is 0.467. The number of nitrogens with one attached hydrogen (secondary N) is 1. The van der Waals surface area contributed by atoms with Gasteiger partial charge in [0.05, 0.1) is 5.56 Å². The molecule has 1 aromatic rings. The van der Waals surface area contributed by atoms with Crippen molar-refractivity contribution in [1.29, 1.82) is 5.26 Å². The second-order valence-corrected chi connectivity index (χ2v) is 5.29. The zero-order valence-corrected chi connectivity index (χ0v) is 12.5. The Hall–Kier alpha value is -1.67. The van der Waals surface area contributed by atoms with Crippen LogP contribution in [0.25, 0.3) is 0 Å². The molecule has 0 atom stereocenters. The summed E-state index contributed by atoms with van der Waals surface area (Å²) in [4.78, 5) is 11.6. The Balaban J connectivity index is 2.18. The first-order valence-corrected chi connectivity index (χ1v) is 8.05. The topological polar surface area (TPSA) is 62.1 Å². The molecule has 1 N–H and O–H groups in total. The number of hydrogen-bond donors (Lipinski definition) is 1. The maximum atomic E-state index is 11.6. The standard InChI is InChI=1S/C15H20N2O2S/c1-20-10-6-2-5-9-17-15(18)12-19-14-8-4-3-7-13(14)11-16/h3-4,7-8H,2,5-6,9-10,12H2,1H3,(H,17,18). The van der Waals surface area contributed by atoms with Crippen molar-refractivity contribution in [2.75, 3.05) is 25.2 Å². The van der Waals surface area contributed by atoms with Gasteiger partial charge in [0.1, 0.15) is 11.8 Å². The van der Waals surface area contributed by atoms with Gasteiger partial charge in [-0.25, -0.2) is 0 Å². The van der Waals surface area contributed by atoms with Crippen LogP contribution in [0, 0.1) is 11.3 Å². The monoisotopic (exact) mass is 292 g/mol. The Labute approximate surface area is 124 Å². The van der Waals surface area contributed by atoms with Gasteiger partial charge in [-0.3, -0.25) is 4.79 Å². The summed E-state index contributed by atoms with van der Waals surface area (Å²) in [5.41, 5.74) is 0.442. The Morgan fingerprint density at radius 1 is 1.35 bits per heavy atom. The van der Waals surface area contributed by atoms with Gasteiger partial charge in [0.25, 0.3) is 5.91 Å². The van der Waals surface area contributed by atoms with Crippen LogP contribution in [-0.4, -0.2) is 31.1 Å². The normalized spacial score (nSPS) is 9.80. The van der Waals surface area contributed by atoms with E-state index in [0.29, 0.717) is 17.9 Å². The molecule has 0 unspecified atom stereocenters. The fourth-order valence-corrected chi connectivity index (χ4v) is 2.15. The molecule has 5 heteroatoms. The van der Waals surface area contributed by atoms with Crippen LogP contribution in [0.4, 0.5) is 0 Å². The summed E-state index contributed by atoms with van der Waals surface area (Å²) < 4.78 is 5.35. The van der Waals surface area contributed by atoms with Gasteiger partial charge in [-0.15, -0.1) is 0 Å². The predicted octanol–water partition coefficient (Wildman–Crippen LogP) is 2.59. The lowest BCUT2D eigenvalue weighted by Crippen LogP contribution is -2.29. The van der Waals surface area contributed by atoms with E-state index in [4.69, 9.17) is 10.00 Å². The molecule has 0 aliphatic rings. The van der Waals surface area contributed by atoms with Gasteiger partial charge in [0.15, 0.2) is 6.61 Å². The van der Waals surface area contributed by atoms with E-state index in [1.54, 1.807) is 24.3 Å². The van der Waals surface area contributed by atoms with Crippen molar-refractivity contribution >= 4 is 17.7 Å². The fourth-order valence-electron chi connectivity index (χ4n) is 1.66. The quantitative estimate of drug-likeness (QED) is 0.711. The third-order valence-corrected chi connectivity index (χ3v) is 3.41. The number of hydrogen-bond acceptors (Lipinski definition) is 4. The molecule has 1 aromatic carbocycles. The molecule has 108 valence electrons. The highest BCUT2D eigenvalue weighted by molar-refractivity contribution is 7.98. The number of amides is 1. The number of carbonyl (C=O) groups is 1. The summed E-state index contributed by atoms with van der Waals surface area (Å²) in [7, 11) is 0. The van der Waals surface area contributed by atoms with E-state index < -0.39 is 0 Å². The zero-order chi connectivity index (χ0) is 14.6. The minimum atomic E-state index is -0.150. The largest absolute Gasteiger partial charge is 0.482 e. The molecule has 4 nitrogen and oxygen atoms in total. The molecule has 0 aliphatic carbocycles. The van der Waals surface area contributed by atoms with Gasteiger partial charge in [-0.05, 0) is 37.0 Å². The first kappa shape index (κ1) is 16.4. The first-order valence-electron chi connectivity index (χ1n) is 6.65. The molecule has 1 amide bonds. The summed E-state index contributed by atoms with van der Waals surface area (Å²) in [6.45, 7) is 0.625. The average Bonchev–Trinajstić information content (AvgIpc) is 2.49. The average molecular weight is 292 g/mol. The van der Waals surface area contributed by atoms with E-state index in [1.165, 1.54) is 12.2 Å². The van der Waals surface area contributed by atoms with Crippen molar-refractivity contribution < 1.29 is 9.53 Å². The molecule has 0 radical (unpaired) electrons. The van der Waals surface area contributed by atoms with Gasteiger partial charge in [-0.2, -0.15) is 17.0 Å². The third kappa shape index (κ3) is 6.48. The number of rotatable bonds is 9. The van der Waals surface area contributed by atoms with E-state index in [-0.39, 0.29) is 12.5 Å². The molecular weight excluding hydrogens is 272 g/mol. The van der Waals surface area contributed by atoms with Gasteiger partial charge in [0.2, 0.25) is 0 Å². The second-order valence-electron chi connectivity index (χ2n) is 4.30. The number of benzene rings is 1. The van der Waals surface area contributed by atoms with Crippen molar-refractivity contribution in [3.8, 4) is 11.8 Å². The van der Waals surface area contributed by atoms with Crippen LogP contribution >= 0.6 is 11.8 Å². The number of carbonyl (C=O) groups excluding carboxylic acids is 1. The van der Waals surface area contributed by atoms with Gasteiger partial charge < -0.3 is 10.1 Å². The Bertz CT molecular complexity index is 457. The van der Waals surface area contributed by atoms with E-state index in [1.807, 2.05) is 17.8 Å². The number of nitrogens with zero attached hydrogens (tertiary/aromatic N) is 1. The van der Waals surface area contributed by atoms with Crippen LogP contribution in [0.3, 0.4) is 0 Å². The lowest BCUT2D eigenvalue weighted by atomic mass is 10.2. The van der Waals surface area contributed by atoms with Crippen LogP contribution in [0.1, 0.15) is 24.8 Å². The maximum absolute atomic E-state index is 11.6. The van der Waals surface area contributed by atoms with Crippen molar-refractivity contribution in [2.24, 2.45) is 0 Å². The van der Waals surface area contributed by atoms with Crippen molar-refractivity contribution in [3.63, 3.8) is 0 Å². The second kappa shape index (κ2) is 10.2. The van der Waals surface area contributed by atoms with Crippen LogP contribution in [0.15, 0.2) is 24.3 Å². The molecule has 0 heterocycles. The number of unbranched alkanes of at least 4 members (excludes halogenated alkanes) is 2. The molecule has 0 bridgehead atoms. The summed E-state index contributed by atoms with van der Waals surface area (Å²) in [6.07, 6.45) is 5.39. The minimum absolute atomic E-state index is 0.0521. The maximum Gasteiger partial charge on any atom is 0.257 e. The molecule has 0 fully saturated rings. The molecule has 0 saturated carbocycles. The van der Waals surface area contributed by atoms with Crippen molar-refractivity contribution in [3.05, 3.63) is 29.8 Å². The van der Waals surface area contributed by atoms with Crippen LogP contribution < -0.4 is 10.1 Å². The molecular formula is C15H20N2O2S. The molecule has 0 saturated heterocycles. The van der Waals surface area contributed by atoms with Crippen LogP contribution in [0.5, 0.6) is 5.75 Å². The van der Waals surface area contributed by atoms with Crippen LogP contribution in [-0.2, 0) is 4.79 Å². The Morgan fingerprint density at radius 3 is 2.90 bits per heavy atom. The lowest BCUT2D eigenvalue weighted by Gasteiger charge is -2.08. The Kier molecular flexibility index (Phi) is 8.32. The van der Waals surface area contributed by atoms with E-state index in [9.17, 15) is 4.79 Å². The van der Waals surface area contributed by atoms with Gasteiger partial charge in [0, 0.05) is 6.54 Å². The highest BCUT2D eigenvalue weighted by atomic mass is 32.2.